The van der Waals surface area contributed by atoms with E-state index in [2.05, 4.69) is 59.8 Å². The lowest BCUT2D eigenvalue weighted by Crippen LogP contribution is -2.52. The summed E-state index contributed by atoms with van der Waals surface area (Å²) >= 11 is 0. The molecule has 1 aliphatic carbocycles. The van der Waals surface area contributed by atoms with Crippen molar-refractivity contribution in [1.82, 2.24) is 0 Å². The number of unbranched alkanes of at least 4 members (excludes halogenated alkanes) is 6. The second-order valence-corrected chi connectivity index (χ2v) is 14.3. The lowest BCUT2D eigenvalue weighted by Gasteiger charge is -2.53. The number of carbonyl (C=O) groups excluding carboxylic acids is 2. The minimum atomic E-state index is -0.828. The zero-order chi connectivity index (χ0) is 33.0. The molecule has 4 heteroatoms. The van der Waals surface area contributed by atoms with Crippen LogP contribution in [0.3, 0.4) is 0 Å². The smallest absolute Gasteiger partial charge is 0.305 e. The molecule has 44 heavy (non-hydrogen) atoms. The summed E-state index contributed by atoms with van der Waals surface area (Å²) < 4.78 is 5.62. The lowest BCUT2D eigenvalue weighted by molar-refractivity contribution is -0.144. The Bertz CT molecular complexity index is 975. The second kappa shape index (κ2) is 21.7. The molecular weight excluding hydrogens is 544 g/mol. The molecule has 1 saturated carbocycles. The molecule has 0 aromatic carbocycles. The first kappa shape index (κ1) is 40.1. The predicted octanol–water partition coefficient (Wildman–Crippen LogP) is 11.3. The predicted molar refractivity (Wildman–Crippen MR) is 188 cm³/mol. The molecule has 252 valence electrons. The van der Waals surface area contributed by atoms with E-state index in [-0.39, 0.29) is 17.3 Å². The van der Waals surface area contributed by atoms with E-state index in [0.717, 1.165) is 82.5 Å². The van der Waals surface area contributed by atoms with E-state index in [9.17, 15) is 14.7 Å². The quantitative estimate of drug-likeness (QED) is 0.0434. The van der Waals surface area contributed by atoms with Gasteiger partial charge in [0.1, 0.15) is 6.29 Å². The molecule has 4 nitrogen and oxygen atoms in total. The van der Waals surface area contributed by atoms with Crippen LogP contribution in [0.25, 0.3) is 0 Å². The average molecular weight is 613 g/mol. The van der Waals surface area contributed by atoms with Crippen LogP contribution in [0.2, 0.25) is 0 Å². The zero-order valence-electron chi connectivity index (χ0n) is 30.0. The van der Waals surface area contributed by atoms with E-state index in [1.54, 1.807) is 0 Å². The van der Waals surface area contributed by atoms with Gasteiger partial charge in [0, 0.05) is 11.8 Å². The van der Waals surface area contributed by atoms with Gasteiger partial charge in [-0.05, 0) is 124 Å². The van der Waals surface area contributed by atoms with Gasteiger partial charge in [0.15, 0.2) is 0 Å². The Morgan fingerprint density at radius 1 is 0.841 bits per heavy atom. The highest BCUT2D eigenvalue weighted by Gasteiger charge is 2.52. The number of ether oxygens (including phenoxy) is 1. The first-order chi connectivity index (χ1) is 20.9. The molecule has 0 radical (unpaired) electrons. The summed E-state index contributed by atoms with van der Waals surface area (Å²) in [5.74, 6) is -0.0197. The van der Waals surface area contributed by atoms with Crippen LogP contribution in [0.5, 0.6) is 0 Å². The fourth-order valence-electron chi connectivity index (χ4n) is 6.81. The fraction of sp³-hybridized carbons (Fsp3) is 0.750. The Labute approximate surface area is 271 Å². The SMILES string of the molecule is CCCCCCCCCC(=O)OCCCC1C(=C(C)C=O)CCC(C)(O)C1(C)CCC=C(C)CCC=C(C)CCC=C(C)C. The Balaban J connectivity index is 2.75. The standard InChI is InChI=1S/C40H68O4/c1-9-10-11-12-13-14-15-26-38(42)44-30-19-25-37-36(35(6)31-41)27-29-40(8,43)39(37,7)28-18-24-34(5)23-17-22-33(4)21-16-20-32(2)3/h20,22,24,31,37,43H,9-19,21,23,25-30H2,1-8H3. The van der Waals surface area contributed by atoms with Crippen LogP contribution in [0.15, 0.2) is 46.1 Å². The summed E-state index contributed by atoms with van der Waals surface area (Å²) in [6.45, 7) is 17.5. The van der Waals surface area contributed by atoms with Gasteiger partial charge in [-0.2, -0.15) is 0 Å². The highest BCUT2D eigenvalue weighted by Crippen LogP contribution is 2.55. The van der Waals surface area contributed by atoms with Crippen LogP contribution in [-0.4, -0.2) is 29.6 Å². The molecule has 1 fully saturated rings. The molecular formula is C40H68O4. The van der Waals surface area contributed by atoms with Crippen molar-refractivity contribution in [1.29, 1.82) is 0 Å². The Kier molecular flexibility index (Phi) is 19.8. The summed E-state index contributed by atoms with van der Waals surface area (Å²) in [6, 6.07) is 0. The molecule has 0 heterocycles. The number of esters is 1. The summed E-state index contributed by atoms with van der Waals surface area (Å²) in [6.07, 6.45) is 25.8. The van der Waals surface area contributed by atoms with E-state index in [1.807, 2.05) is 13.8 Å². The molecule has 1 aliphatic rings. The van der Waals surface area contributed by atoms with Crippen molar-refractivity contribution in [3.05, 3.63) is 46.1 Å². The maximum atomic E-state index is 12.3. The van der Waals surface area contributed by atoms with Crippen LogP contribution >= 0.6 is 0 Å². The van der Waals surface area contributed by atoms with Crippen molar-refractivity contribution in [2.24, 2.45) is 11.3 Å². The summed E-state index contributed by atoms with van der Waals surface area (Å²) in [5, 5.41) is 11.7. The molecule has 1 rings (SSSR count). The Hall–Kier alpha value is -1.94. The Morgan fingerprint density at radius 3 is 2.05 bits per heavy atom. The lowest BCUT2D eigenvalue weighted by atomic mass is 9.54. The maximum absolute atomic E-state index is 12.3. The maximum Gasteiger partial charge on any atom is 0.305 e. The van der Waals surface area contributed by atoms with Crippen molar-refractivity contribution in [3.63, 3.8) is 0 Å². The van der Waals surface area contributed by atoms with Gasteiger partial charge in [-0.3, -0.25) is 9.59 Å². The molecule has 0 spiro atoms. The largest absolute Gasteiger partial charge is 0.466 e. The van der Waals surface area contributed by atoms with Gasteiger partial charge in [0.25, 0.3) is 0 Å². The van der Waals surface area contributed by atoms with E-state index >= 15 is 0 Å². The van der Waals surface area contributed by atoms with Crippen molar-refractivity contribution in [2.75, 3.05) is 6.61 Å². The number of hydrogen-bond acceptors (Lipinski definition) is 4. The number of aliphatic hydroxyl groups is 1. The summed E-state index contributed by atoms with van der Waals surface area (Å²) in [7, 11) is 0. The third-order valence-corrected chi connectivity index (χ3v) is 10.1. The van der Waals surface area contributed by atoms with Gasteiger partial charge in [0.2, 0.25) is 0 Å². The van der Waals surface area contributed by atoms with E-state index < -0.39 is 5.60 Å². The molecule has 0 aliphatic heterocycles. The molecule has 0 saturated heterocycles. The van der Waals surface area contributed by atoms with Gasteiger partial charge in [-0.1, -0.05) is 92.9 Å². The van der Waals surface area contributed by atoms with Crippen LogP contribution in [0, 0.1) is 11.3 Å². The second-order valence-electron chi connectivity index (χ2n) is 14.3. The van der Waals surface area contributed by atoms with Gasteiger partial charge in [0.05, 0.1) is 12.2 Å². The summed E-state index contributed by atoms with van der Waals surface area (Å²) in [4.78, 5) is 24.2. The monoisotopic (exact) mass is 613 g/mol. The van der Waals surface area contributed by atoms with Crippen molar-refractivity contribution >= 4 is 12.3 Å². The highest BCUT2D eigenvalue weighted by atomic mass is 16.5. The average Bonchev–Trinajstić information content (AvgIpc) is 2.96. The third-order valence-electron chi connectivity index (χ3n) is 10.1. The number of aldehydes is 1. The number of hydrogen-bond donors (Lipinski definition) is 1. The van der Waals surface area contributed by atoms with Gasteiger partial charge >= 0.3 is 5.97 Å². The molecule has 0 amide bonds. The Morgan fingerprint density at radius 2 is 1.43 bits per heavy atom. The molecule has 3 atom stereocenters. The van der Waals surface area contributed by atoms with E-state index in [1.165, 1.54) is 54.4 Å². The first-order valence-electron chi connectivity index (χ1n) is 17.8. The fourth-order valence-corrected chi connectivity index (χ4v) is 6.81. The van der Waals surface area contributed by atoms with Crippen molar-refractivity contribution in [3.8, 4) is 0 Å². The van der Waals surface area contributed by atoms with Crippen LogP contribution in [0.1, 0.15) is 171 Å². The number of allylic oxidation sites excluding steroid dienone is 8. The summed E-state index contributed by atoms with van der Waals surface area (Å²) in [5.41, 5.74) is 5.00. The zero-order valence-corrected chi connectivity index (χ0v) is 30.0. The van der Waals surface area contributed by atoms with Crippen molar-refractivity contribution in [2.45, 2.75) is 177 Å². The first-order valence-corrected chi connectivity index (χ1v) is 17.8. The van der Waals surface area contributed by atoms with E-state index in [0.29, 0.717) is 19.4 Å². The molecule has 3 unspecified atom stereocenters. The van der Waals surface area contributed by atoms with Crippen molar-refractivity contribution < 1.29 is 19.4 Å². The van der Waals surface area contributed by atoms with Gasteiger partial charge in [-0.25, -0.2) is 0 Å². The molecule has 0 aromatic heterocycles. The molecule has 0 aromatic rings. The normalized spacial score (nSPS) is 23.8. The minimum absolute atomic E-state index is 0.0818. The third kappa shape index (κ3) is 14.9. The highest BCUT2D eigenvalue weighted by molar-refractivity contribution is 5.74. The number of carbonyl (C=O) groups is 2. The molecule has 0 bridgehead atoms. The number of rotatable bonds is 22. The van der Waals surface area contributed by atoms with Crippen LogP contribution < -0.4 is 0 Å². The van der Waals surface area contributed by atoms with E-state index in [4.69, 9.17) is 4.74 Å². The molecule has 1 N–H and O–H groups in total. The topological polar surface area (TPSA) is 63.6 Å². The van der Waals surface area contributed by atoms with Gasteiger partial charge < -0.3 is 9.84 Å². The minimum Gasteiger partial charge on any atom is -0.466 e. The van der Waals surface area contributed by atoms with Crippen LogP contribution in [-0.2, 0) is 14.3 Å². The van der Waals surface area contributed by atoms with Gasteiger partial charge in [-0.15, -0.1) is 0 Å². The van der Waals surface area contributed by atoms with Crippen LogP contribution in [0.4, 0.5) is 0 Å².